The zero-order valence-corrected chi connectivity index (χ0v) is 12.2. The molecule has 2 heteroatoms. The SMILES string of the molecule is C/C=C(/c1ccc2cc(OC)ccc2c1)N1CCCC1. The van der Waals surface area contributed by atoms with E-state index in [0.717, 1.165) is 5.75 Å². The highest BCUT2D eigenvalue weighted by molar-refractivity contribution is 5.87. The number of allylic oxidation sites excluding steroid dienone is 1. The molecule has 0 unspecified atom stereocenters. The minimum Gasteiger partial charge on any atom is -0.497 e. The predicted octanol–water partition coefficient (Wildman–Crippen LogP) is 4.31. The van der Waals surface area contributed by atoms with Crippen LogP contribution in [0.4, 0.5) is 0 Å². The first-order chi connectivity index (χ1) is 9.81. The maximum Gasteiger partial charge on any atom is 0.119 e. The van der Waals surface area contributed by atoms with Gasteiger partial charge in [-0.25, -0.2) is 0 Å². The highest BCUT2D eigenvalue weighted by Crippen LogP contribution is 2.28. The summed E-state index contributed by atoms with van der Waals surface area (Å²) in [5.74, 6) is 0.913. The van der Waals surface area contributed by atoms with Crippen molar-refractivity contribution in [2.45, 2.75) is 19.8 Å². The van der Waals surface area contributed by atoms with Crippen molar-refractivity contribution in [2.24, 2.45) is 0 Å². The predicted molar refractivity (Wildman–Crippen MR) is 85.0 cm³/mol. The molecule has 0 aliphatic carbocycles. The Morgan fingerprint density at radius 1 is 1.05 bits per heavy atom. The summed E-state index contributed by atoms with van der Waals surface area (Å²) < 4.78 is 5.28. The van der Waals surface area contributed by atoms with E-state index in [-0.39, 0.29) is 0 Å². The second-order valence-corrected chi connectivity index (χ2v) is 5.30. The van der Waals surface area contributed by atoms with Gasteiger partial charge in [-0.2, -0.15) is 0 Å². The van der Waals surface area contributed by atoms with Crippen LogP contribution in [0.15, 0.2) is 42.5 Å². The van der Waals surface area contributed by atoms with Gasteiger partial charge in [0.1, 0.15) is 5.75 Å². The van der Waals surface area contributed by atoms with E-state index in [9.17, 15) is 0 Å². The van der Waals surface area contributed by atoms with E-state index in [4.69, 9.17) is 4.74 Å². The highest BCUT2D eigenvalue weighted by Gasteiger charge is 2.15. The van der Waals surface area contributed by atoms with E-state index in [1.807, 2.05) is 6.07 Å². The molecular formula is C18H21NO. The molecule has 2 aromatic rings. The van der Waals surface area contributed by atoms with Gasteiger partial charge in [-0.3, -0.25) is 0 Å². The van der Waals surface area contributed by atoms with E-state index in [1.54, 1.807) is 7.11 Å². The van der Waals surface area contributed by atoms with E-state index < -0.39 is 0 Å². The molecule has 2 nitrogen and oxygen atoms in total. The third kappa shape index (κ3) is 2.38. The lowest BCUT2D eigenvalue weighted by Gasteiger charge is -2.22. The van der Waals surface area contributed by atoms with Gasteiger partial charge in [0.2, 0.25) is 0 Å². The van der Waals surface area contributed by atoms with E-state index in [2.05, 4.69) is 48.2 Å². The number of ether oxygens (including phenoxy) is 1. The van der Waals surface area contributed by atoms with Crippen LogP contribution in [-0.4, -0.2) is 25.1 Å². The van der Waals surface area contributed by atoms with Gasteiger partial charge in [0, 0.05) is 18.8 Å². The lowest BCUT2D eigenvalue weighted by Crippen LogP contribution is -2.17. The molecule has 0 bridgehead atoms. The van der Waals surface area contributed by atoms with Gasteiger partial charge in [-0.05, 0) is 54.3 Å². The van der Waals surface area contributed by atoms with Gasteiger partial charge in [0.15, 0.2) is 0 Å². The third-order valence-electron chi connectivity index (χ3n) is 4.06. The van der Waals surface area contributed by atoms with Gasteiger partial charge in [0.05, 0.1) is 7.11 Å². The van der Waals surface area contributed by atoms with Crippen LogP contribution in [0.5, 0.6) is 5.75 Å². The smallest absolute Gasteiger partial charge is 0.119 e. The van der Waals surface area contributed by atoms with Gasteiger partial charge < -0.3 is 9.64 Å². The van der Waals surface area contributed by atoms with Crippen molar-refractivity contribution in [2.75, 3.05) is 20.2 Å². The molecule has 0 N–H and O–H groups in total. The minimum atomic E-state index is 0.913. The Labute approximate surface area is 120 Å². The fourth-order valence-corrected chi connectivity index (χ4v) is 3.00. The van der Waals surface area contributed by atoms with Crippen molar-refractivity contribution < 1.29 is 4.74 Å². The summed E-state index contributed by atoms with van der Waals surface area (Å²) in [6.07, 6.45) is 4.85. The van der Waals surface area contributed by atoms with Crippen molar-refractivity contribution in [1.82, 2.24) is 4.90 Å². The van der Waals surface area contributed by atoms with Crippen LogP contribution in [0, 0.1) is 0 Å². The minimum absolute atomic E-state index is 0.913. The molecule has 0 radical (unpaired) electrons. The largest absolute Gasteiger partial charge is 0.497 e. The molecular weight excluding hydrogens is 246 g/mol. The molecule has 104 valence electrons. The topological polar surface area (TPSA) is 12.5 Å². The Morgan fingerprint density at radius 3 is 2.45 bits per heavy atom. The summed E-state index contributed by atoms with van der Waals surface area (Å²) in [5.41, 5.74) is 2.67. The van der Waals surface area contributed by atoms with Crippen molar-refractivity contribution >= 4 is 16.5 Å². The second kappa shape index (κ2) is 5.58. The summed E-state index contributed by atoms with van der Waals surface area (Å²) in [6.45, 7) is 4.49. The average Bonchev–Trinajstić information content (AvgIpc) is 3.01. The number of likely N-dealkylation sites (tertiary alicyclic amines) is 1. The Bertz CT molecular complexity index is 639. The molecule has 0 saturated carbocycles. The van der Waals surface area contributed by atoms with Crippen LogP contribution in [0.1, 0.15) is 25.3 Å². The maximum absolute atomic E-state index is 5.28. The first-order valence-electron chi connectivity index (χ1n) is 7.31. The summed E-state index contributed by atoms with van der Waals surface area (Å²) in [4.78, 5) is 2.49. The lowest BCUT2D eigenvalue weighted by molar-refractivity contribution is 0.415. The number of nitrogens with zero attached hydrogens (tertiary/aromatic N) is 1. The summed E-state index contributed by atoms with van der Waals surface area (Å²) in [7, 11) is 1.71. The number of fused-ring (bicyclic) bond motifs is 1. The van der Waals surface area contributed by atoms with E-state index in [1.165, 1.54) is 48.0 Å². The number of benzene rings is 2. The summed E-state index contributed by atoms with van der Waals surface area (Å²) >= 11 is 0. The molecule has 0 atom stereocenters. The molecule has 0 amide bonds. The van der Waals surface area contributed by atoms with E-state index in [0.29, 0.717) is 0 Å². The quantitative estimate of drug-likeness (QED) is 0.822. The van der Waals surface area contributed by atoms with Crippen LogP contribution in [0.2, 0.25) is 0 Å². The van der Waals surface area contributed by atoms with Gasteiger partial charge >= 0.3 is 0 Å². The number of methoxy groups -OCH3 is 1. The first kappa shape index (κ1) is 13.0. The van der Waals surface area contributed by atoms with Crippen LogP contribution in [0.25, 0.3) is 16.5 Å². The van der Waals surface area contributed by atoms with Gasteiger partial charge in [-0.15, -0.1) is 0 Å². The molecule has 0 aromatic heterocycles. The fraction of sp³-hybridized carbons (Fsp3) is 0.333. The first-order valence-corrected chi connectivity index (χ1v) is 7.31. The average molecular weight is 267 g/mol. The van der Waals surface area contributed by atoms with Crippen LogP contribution >= 0.6 is 0 Å². The van der Waals surface area contributed by atoms with Crippen molar-refractivity contribution in [3.05, 3.63) is 48.0 Å². The number of hydrogen-bond donors (Lipinski definition) is 0. The molecule has 1 fully saturated rings. The molecule has 3 rings (SSSR count). The molecule has 1 aliphatic rings. The second-order valence-electron chi connectivity index (χ2n) is 5.30. The standard InChI is InChI=1S/C18H21NO/c1-3-18(19-10-4-5-11-19)16-7-6-15-13-17(20-2)9-8-14(15)12-16/h3,6-9,12-13H,4-5,10-11H2,1-2H3/b18-3-. The molecule has 20 heavy (non-hydrogen) atoms. The zero-order valence-electron chi connectivity index (χ0n) is 12.2. The van der Waals surface area contributed by atoms with Crippen LogP contribution in [-0.2, 0) is 0 Å². The third-order valence-corrected chi connectivity index (χ3v) is 4.06. The van der Waals surface area contributed by atoms with Crippen LogP contribution < -0.4 is 4.74 Å². The summed E-state index contributed by atoms with van der Waals surface area (Å²) in [5, 5.41) is 2.49. The van der Waals surface area contributed by atoms with Gasteiger partial charge in [-0.1, -0.05) is 24.3 Å². The fourth-order valence-electron chi connectivity index (χ4n) is 3.00. The van der Waals surface area contributed by atoms with Crippen LogP contribution in [0.3, 0.4) is 0 Å². The van der Waals surface area contributed by atoms with Crippen molar-refractivity contribution in [3.8, 4) is 5.75 Å². The molecule has 1 heterocycles. The normalized spacial score (nSPS) is 15.9. The molecule has 1 saturated heterocycles. The lowest BCUT2D eigenvalue weighted by atomic mass is 10.0. The molecule has 0 spiro atoms. The monoisotopic (exact) mass is 267 g/mol. The molecule has 2 aromatic carbocycles. The highest BCUT2D eigenvalue weighted by atomic mass is 16.5. The maximum atomic E-state index is 5.28. The number of rotatable bonds is 3. The summed E-state index contributed by atoms with van der Waals surface area (Å²) in [6, 6.07) is 12.9. The Kier molecular flexibility index (Phi) is 3.64. The Hall–Kier alpha value is -1.96. The van der Waals surface area contributed by atoms with Crippen molar-refractivity contribution in [1.29, 1.82) is 0 Å². The van der Waals surface area contributed by atoms with Gasteiger partial charge in [0.25, 0.3) is 0 Å². The Balaban J connectivity index is 1.99. The number of hydrogen-bond acceptors (Lipinski definition) is 2. The van der Waals surface area contributed by atoms with E-state index >= 15 is 0 Å². The molecule has 1 aliphatic heterocycles. The zero-order chi connectivity index (χ0) is 13.9. The Morgan fingerprint density at radius 2 is 1.75 bits per heavy atom. The van der Waals surface area contributed by atoms with Crippen molar-refractivity contribution in [3.63, 3.8) is 0 Å².